The minimum absolute atomic E-state index is 0.129. The van der Waals surface area contributed by atoms with Gasteiger partial charge in [0.1, 0.15) is 6.54 Å². The first-order chi connectivity index (χ1) is 10.6. The Balaban J connectivity index is 1.85. The first-order valence-corrected chi connectivity index (χ1v) is 7.58. The van der Waals surface area contributed by atoms with Crippen LogP contribution in [0.15, 0.2) is 28.0 Å². The molecule has 0 unspecified atom stereocenters. The number of amides is 1. The number of ether oxygens (including phenoxy) is 1. The van der Waals surface area contributed by atoms with Crippen LogP contribution in [-0.4, -0.2) is 45.5 Å². The maximum Gasteiger partial charge on any atom is 0.325 e. The van der Waals surface area contributed by atoms with E-state index in [2.05, 4.69) is 15.5 Å². The van der Waals surface area contributed by atoms with Gasteiger partial charge in [0.05, 0.1) is 18.6 Å². The molecule has 2 heterocycles. The summed E-state index contributed by atoms with van der Waals surface area (Å²) in [5.41, 5.74) is 0. The number of carbonyl (C=O) groups excluding carboxylic acids is 2. The highest BCUT2D eigenvalue weighted by molar-refractivity contribution is 7.99. The van der Waals surface area contributed by atoms with Crippen LogP contribution in [0.1, 0.15) is 6.92 Å². The topological polar surface area (TPSA) is 99.2 Å². The van der Waals surface area contributed by atoms with Gasteiger partial charge in [-0.25, -0.2) is 0 Å². The van der Waals surface area contributed by atoms with E-state index >= 15 is 0 Å². The van der Waals surface area contributed by atoms with E-state index in [9.17, 15) is 9.59 Å². The number of esters is 1. The van der Waals surface area contributed by atoms with Crippen LogP contribution in [0.25, 0.3) is 11.6 Å². The summed E-state index contributed by atoms with van der Waals surface area (Å²) in [5.74, 6) is 0.581. The molecule has 0 aliphatic rings. The van der Waals surface area contributed by atoms with Gasteiger partial charge in [-0.2, -0.15) is 0 Å². The molecule has 1 amide bonds. The summed E-state index contributed by atoms with van der Waals surface area (Å²) in [4.78, 5) is 22.8. The van der Waals surface area contributed by atoms with Crippen LogP contribution in [0.4, 0.5) is 0 Å². The van der Waals surface area contributed by atoms with Crippen molar-refractivity contribution in [2.75, 3.05) is 18.9 Å². The third-order valence-corrected chi connectivity index (χ3v) is 3.66. The largest absolute Gasteiger partial charge is 0.465 e. The zero-order valence-electron chi connectivity index (χ0n) is 12.2. The van der Waals surface area contributed by atoms with E-state index in [4.69, 9.17) is 9.15 Å². The van der Waals surface area contributed by atoms with Gasteiger partial charge in [-0.05, 0) is 19.1 Å². The molecule has 9 heteroatoms. The molecule has 0 atom stereocenters. The van der Waals surface area contributed by atoms with E-state index in [0.29, 0.717) is 16.7 Å². The molecule has 118 valence electrons. The molecule has 1 N–H and O–H groups in total. The zero-order chi connectivity index (χ0) is 15.9. The predicted octanol–water partition coefficient (Wildman–Crippen LogP) is 0.846. The van der Waals surface area contributed by atoms with E-state index < -0.39 is 5.97 Å². The van der Waals surface area contributed by atoms with Crippen LogP contribution in [-0.2, 0) is 21.4 Å². The van der Waals surface area contributed by atoms with E-state index in [-0.39, 0.29) is 24.8 Å². The summed E-state index contributed by atoms with van der Waals surface area (Å²) in [6.07, 6.45) is 1.56. The van der Waals surface area contributed by atoms with Gasteiger partial charge in [-0.15, -0.1) is 10.2 Å². The molecule has 0 saturated carbocycles. The number of nitrogens with zero attached hydrogens (tertiary/aromatic N) is 3. The van der Waals surface area contributed by atoms with Gasteiger partial charge in [0.2, 0.25) is 5.91 Å². The van der Waals surface area contributed by atoms with Crippen molar-refractivity contribution in [1.29, 1.82) is 0 Å². The molecule has 0 spiro atoms. The van der Waals surface area contributed by atoms with Crippen molar-refractivity contribution in [2.45, 2.75) is 12.1 Å². The second-order valence-corrected chi connectivity index (χ2v) is 5.16. The van der Waals surface area contributed by atoms with Gasteiger partial charge in [-0.3, -0.25) is 9.59 Å². The van der Waals surface area contributed by atoms with Gasteiger partial charge in [-0.1, -0.05) is 11.8 Å². The van der Waals surface area contributed by atoms with Crippen molar-refractivity contribution in [3.63, 3.8) is 0 Å². The molecule has 0 radical (unpaired) electrons. The average molecular weight is 324 g/mol. The highest BCUT2D eigenvalue weighted by atomic mass is 32.2. The van der Waals surface area contributed by atoms with Crippen LogP contribution in [0.3, 0.4) is 0 Å². The molecule has 0 aliphatic heterocycles. The Hall–Kier alpha value is -2.29. The van der Waals surface area contributed by atoms with Crippen LogP contribution in [0, 0.1) is 0 Å². The third-order valence-electron chi connectivity index (χ3n) is 2.64. The fourth-order valence-corrected chi connectivity index (χ4v) is 2.37. The number of thioether (sulfide) groups is 1. The lowest BCUT2D eigenvalue weighted by Crippen LogP contribution is -2.31. The van der Waals surface area contributed by atoms with Gasteiger partial charge in [0, 0.05) is 7.05 Å². The second kappa shape index (κ2) is 7.64. The molecular formula is C13H16N4O4S. The van der Waals surface area contributed by atoms with Crippen molar-refractivity contribution in [3.05, 3.63) is 18.4 Å². The molecule has 2 rings (SSSR count). The second-order valence-electron chi connectivity index (χ2n) is 4.21. The predicted molar refractivity (Wildman–Crippen MR) is 79.1 cm³/mol. The number of hydrogen-bond acceptors (Lipinski definition) is 7. The molecule has 0 bridgehead atoms. The number of rotatable bonds is 7. The van der Waals surface area contributed by atoms with Crippen molar-refractivity contribution in [2.24, 2.45) is 7.05 Å². The monoisotopic (exact) mass is 324 g/mol. The smallest absolute Gasteiger partial charge is 0.325 e. The summed E-state index contributed by atoms with van der Waals surface area (Å²) < 4.78 is 11.7. The van der Waals surface area contributed by atoms with Gasteiger partial charge >= 0.3 is 5.97 Å². The van der Waals surface area contributed by atoms with Crippen LogP contribution in [0.2, 0.25) is 0 Å². The first kappa shape index (κ1) is 16.1. The lowest BCUT2D eigenvalue weighted by Gasteiger charge is -2.05. The van der Waals surface area contributed by atoms with Crippen LogP contribution < -0.4 is 5.32 Å². The summed E-state index contributed by atoms with van der Waals surface area (Å²) in [7, 11) is 1.79. The van der Waals surface area contributed by atoms with Crippen LogP contribution >= 0.6 is 11.8 Å². The number of hydrogen-bond donors (Lipinski definition) is 1. The van der Waals surface area contributed by atoms with Gasteiger partial charge in [0.15, 0.2) is 16.7 Å². The molecule has 0 fully saturated rings. The fourth-order valence-electron chi connectivity index (χ4n) is 1.62. The molecule has 2 aromatic heterocycles. The number of furan rings is 1. The fraction of sp³-hybridized carbons (Fsp3) is 0.385. The van der Waals surface area contributed by atoms with Gasteiger partial charge in [0.25, 0.3) is 0 Å². The molecule has 0 aromatic carbocycles. The minimum atomic E-state index is -0.459. The molecule has 0 aliphatic carbocycles. The summed E-state index contributed by atoms with van der Waals surface area (Å²) in [6.45, 7) is 1.86. The van der Waals surface area contributed by atoms with Crippen molar-refractivity contribution < 1.29 is 18.7 Å². The standard InChI is InChI=1S/C13H16N4O4S/c1-3-20-11(19)7-14-10(18)8-22-13-16-15-12(17(13)2)9-5-4-6-21-9/h4-6H,3,7-8H2,1-2H3,(H,14,18). The average Bonchev–Trinajstić information content (AvgIpc) is 3.13. The molecular weight excluding hydrogens is 308 g/mol. The zero-order valence-corrected chi connectivity index (χ0v) is 13.1. The minimum Gasteiger partial charge on any atom is -0.465 e. The number of nitrogens with one attached hydrogen (secondary N) is 1. The highest BCUT2D eigenvalue weighted by Crippen LogP contribution is 2.22. The summed E-state index contributed by atoms with van der Waals surface area (Å²) in [5, 5.41) is 11.1. The summed E-state index contributed by atoms with van der Waals surface area (Å²) in [6, 6.07) is 3.55. The Labute approximate surface area is 131 Å². The Morgan fingerprint density at radius 1 is 1.45 bits per heavy atom. The number of aromatic nitrogens is 3. The van der Waals surface area contributed by atoms with Gasteiger partial charge < -0.3 is 19.0 Å². The SMILES string of the molecule is CCOC(=O)CNC(=O)CSc1nnc(-c2ccco2)n1C. The normalized spacial score (nSPS) is 10.5. The Morgan fingerprint density at radius 2 is 2.27 bits per heavy atom. The van der Waals surface area contributed by atoms with Crippen LogP contribution in [0.5, 0.6) is 0 Å². The molecule has 8 nitrogen and oxygen atoms in total. The van der Waals surface area contributed by atoms with E-state index in [1.54, 1.807) is 36.9 Å². The van der Waals surface area contributed by atoms with Crippen molar-refractivity contribution in [3.8, 4) is 11.6 Å². The van der Waals surface area contributed by atoms with E-state index in [1.807, 2.05) is 0 Å². The Bertz CT molecular complexity index is 639. The maximum absolute atomic E-state index is 11.7. The van der Waals surface area contributed by atoms with E-state index in [1.165, 1.54) is 11.8 Å². The Morgan fingerprint density at radius 3 is 2.95 bits per heavy atom. The third kappa shape index (κ3) is 4.10. The first-order valence-electron chi connectivity index (χ1n) is 6.60. The quantitative estimate of drug-likeness (QED) is 0.595. The highest BCUT2D eigenvalue weighted by Gasteiger charge is 2.14. The maximum atomic E-state index is 11.7. The van der Waals surface area contributed by atoms with Crippen molar-refractivity contribution >= 4 is 23.6 Å². The summed E-state index contributed by atoms with van der Waals surface area (Å²) >= 11 is 1.22. The van der Waals surface area contributed by atoms with Crippen molar-refractivity contribution in [1.82, 2.24) is 20.1 Å². The lowest BCUT2D eigenvalue weighted by molar-refractivity contribution is -0.143. The molecule has 22 heavy (non-hydrogen) atoms. The molecule has 2 aromatic rings. The Kier molecular flexibility index (Phi) is 5.59. The molecule has 0 saturated heterocycles. The lowest BCUT2D eigenvalue weighted by atomic mass is 10.4. The number of carbonyl (C=O) groups is 2. The van der Waals surface area contributed by atoms with E-state index in [0.717, 1.165) is 0 Å².